The molecule has 0 saturated carbocycles. The number of likely N-dealkylation sites (N-methyl/N-ethyl adjacent to an activating group) is 1. The van der Waals surface area contributed by atoms with Gasteiger partial charge in [-0.1, -0.05) is 48.5 Å². The van der Waals surface area contributed by atoms with E-state index in [2.05, 4.69) is 5.32 Å². The summed E-state index contributed by atoms with van der Waals surface area (Å²) in [4.78, 5) is 29.0. The van der Waals surface area contributed by atoms with Gasteiger partial charge in [-0.3, -0.25) is 9.59 Å². The number of ether oxygens (including phenoxy) is 2. The summed E-state index contributed by atoms with van der Waals surface area (Å²) in [7, 11) is 3.76. The van der Waals surface area contributed by atoms with Crippen LogP contribution < -0.4 is 14.8 Å². The molecule has 0 aliphatic carbocycles. The van der Waals surface area contributed by atoms with Gasteiger partial charge in [-0.05, 0) is 29.8 Å². The smallest absolute Gasteiger partial charge is 0.254 e. The maximum atomic E-state index is 13.9. The first kappa shape index (κ1) is 22.2. The minimum Gasteiger partial charge on any atom is -0.486 e. The zero-order valence-electron chi connectivity index (χ0n) is 20.2. The lowest BCUT2D eigenvalue weighted by molar-refractivity contribution is -0.124. The van der Waals surface area contributed by atoms with Crippen molar-refractivity contribution in [2.24, 2.45) is 7.05 Å². The van der Waals surface area contributed by atoms with E-state index >= 15 is 0 Å². The molecule has 1 N–H and O–H groups in total. The molecular formula is C29H27N3O4. The zero-order valence-corrected chi connectivity index (χ0v) is 20.2. The molecule has 3 aromatic carbocycles. The normalized spacial score (nSPS) is 20.8. The van der Waals surface area contributed by atoms with Gasteiger partial charge in [-0.25, -0.2) is 0 Å². The van der Waals surface area contributed by atoms with Crippen molar-refractivity contribution in [2.45, 2.75) is 18.1 Å². The fourth-order valence-corrected chi connectivity index (χ4v) is 5.44. The Morgan fingerprint density at radius 3 is 2.53 bits per heavy atom. The van der Waals surface area contributed by atoms with E-state index in [9.17, 15) is 9.59 Å². The summed E-state index contributed by atoms with van der Waals surface area (Å²) in [6.07, 6.45) is 1.72. The van der Waals surface area contributed by atoms with Crippen molar-refractivity contribution in [3.63, 3.8) is 0 Å². The second-order valence-corrected chi connectivity index (χ2v) is 9.38. The van der Waals surface area contributed by atoms with Crippen LogP contribution in [0.25, 0.3) is 10.9 Å². The highest BCUT2D eigenvalue weighted by molar-refractivity contribution is 6.02. The molecule has 0 fully saturated rings. The largest absolute Gasteiger partial charge is 0.486 e. The maximum Gasteiger partial charge on any atom is 0.254 e. The second kappa shape index (κ2) is 8.75. The molecule has 2 amide bonds. The van der Waals surface area contributed by atoms with Gasteiger partial charge in [0.05, 0.1) is 18.5 Å². The Morgan fingerprint density at radius 1 is 0.944 bits per heavy atom. The van der Waals surface area contributed by atoms with Gasteiger partial charge in [0, 0.05) is 42.3 Å². The highest BCUT2D eigenvalue weighted by Crippen LogP contribution is 2.44. The molecule has 1 aromatic heterocycles. The number of benzene rings is 3. The number of carbonyl (C=O) groups excluding carboxylic acids is 2. The van der Waals surface area contributed by atoms with Crippen molar-refractivity contribution >= 4 is 22.7 Å². The van der Waals surface area contributed by atoms with Crippen LogP contribution >= 0.6 is 0 Å². The molecule has 3 unspecified atom stereocenters. The number of rotatable bonds is 4. The molecule has 0 spiro atoms. The molecule has 7 nitrogen and oxygen atoms in total. The van der Waals surface area contributed by atoms with Crippen molar-refractivity contribution in [2.75, 3.05) is 20.2 Å². The molecule has 4 aromatic rings. The summed E-state index contributed by atoms with van der Waals surface area (Å²) < 4.78 is 13.9. The average Bonchev–Trinajstić information content (AvgIpc) is 3.25. The van der Waals surface area contributed by atoms with Crippen LogP contribution in [0.2, 0.25) is 0 Å². The molecule has 7 heteroatoms. The fraction of sp³-hybridized carbons (Fsp3) is 0.241. The summed E-state index contributed by atoms with van der Waals surface area (Å²) >= 11 is 0. The van der Waals surface area contributed by atoms with Crippen molar-refractivity contribution < 1.29 is 19.1 Å². The predicted octanol–water partition coefficient (Wildman–Crippen LogP) is 4.05. The Morgan fingerprint density at radius 2 is 1.67 bits per heavy atom. The first-order valence-corrected chi connectivity index (χ1v) is 12.1. The van der Waals surface area contributed by atoms with Crippen LogP contribution in [0.1, 0.15) is 33.4 Å². The summed E-state index contributed by atoms with van der Waals surface area (Å²) in [5.41, 5.74) is 3.30. The number of aryl methyl sites for hydroxylation is 1. The highest BCUT2D eigenvalue weighted by atomic mass is 16.6. The van der Waals surface area contributed by atoms with Crippen LogP contribution in [0.4, 0.5) is 0 Å². The monoisotopic (exact) mass is 481 g/mol. The minimum atomic E-state index is -0.577. The van der Waals surface area contributed by atoms with Crippen LogP contribution in [0.15, 0.2) is 79.0 Å². The Kier molecular flexibility index (Phi) is 5.40. The summed E-state index contributed by atoms with van der Waals surface area (Å²) in [5.74, 6) is 0.560. The lowest BCUT2D eigenvalue weighted by Gasteiger charge is -2.39. The first-order chi connectivity index (χ1) is 17.5. The molecule has 3 heterocycles. The van der Waals surface area contributed by atoms with Crippen molar-refractivity contribution in [3.8, 4) is 11.5 Å². The second-order valence-electron chi connectivity index (χ2n) is 9.38. The number of hydrogen-bond acceptors (Lipinski definition) is 4. The quantitative estimate of drug-likeness (QED) is 0.478. The Balaban J connectivity index is 1.34. The lowest BCUT2D eigenvalue weighted by Crippen LogP contribution is -2.48. The van der Waals surface area contributed by atoms with Gasteiger partial charge in [-0.2, -0.15) is 0 Å². The van der Waals surface area contributed by atoms with Crippen molar-refractivity contribution in [3.05, 3.63) is 95.7 Å². The average molecular weight is 482 g/mol. The van der Waals surface area contributed by atoms with E-state index in [0.717, 1.165) is 22.0 Å². The van der Waals surface area contributed by atoms with Gasteiger partial charge in [0.15, 0.2) is 11.5 Å². The van der Waals surface area contributed by atoms with E-state index in [1.807, 2.05) is 84.5 Å². The molecule has 2 aliphatic heterocycles. The molecule has 36 heavy (non-hydrogen) atoms. The van der Waals surface area contributed by atoms with E-state index < -0.39 is 12.0 Å². The predicted molar refractivity (Wildman–Crippen MR) is 136 cm³/mol. The number of carbonyl (C=O) groups is 2. The molecule has 2 aliphatic rings. The SMILES string of the molecule is CN1C(=O)c2ccccc2C(C(=O)NCC2COc3ccccc3O2)C1c1cn(C)c2ccccc12. The van der Waals surface area contributed by atoms with E-state index in [0.29, 0.717) is 30.2 Å². The van der Waals surface area contributed by atoms with Crippen LogP contribution in [0, 0.1) is 0 Å². The number of nitrogens with zero attached hydrogens (tertiary/aromatic N) is 2. The van der Waals surface area contributed by atoms with E-state index in [4.69, 9.17) is 9.47 Å². The summed E-state index contributed by atoms with van der Waals surface area (Å²) in [6, 6.07) is 22.5. The van der Waals surface area contributed by atoms with Crippen LogP contribution in [-0.2, 0) is 11.8 Å². The third-order valence-electron chi connectivity index (χ3n) is 7.18. The number of hydrogen-bond donors (Lipinski definition) is 1. The third-order valence-corrected chi connectivity index (χ3v) is 7.18. The molecule has 182 valence electrons. The van der Waals surface area contributed by atoms with Crippen molar-refractivity contribution in [1.82, 2.24) is 14.8 Å². The minimum absolute atomic E-state index is 0.0896. The fourth-order valence-electron chi connectivity index (χ4n) is 5.44. The third kappa shape index (κ3) is 3.59. The van der Waals surface area contributed by atoms with Crippen molar-refractivity contribution in [1.29, 1.82) is 0 Å². The summed E-state index contributed by atoms with van der Waals surface area (Å²) in [5, 5.41) is 4.13. The molecule has 0 radical (unpaired) electrons. The molecular weight excluding hydrogens is 454 g/mol. The number of nitrogens with one attached hydrogen (secondary N) is 1. The maximum absolute atomic E-state index is 13.9. The van der Waals surface area contributed by atoms with E-state index in [1.54, 1.807) is 18.0 Å². The van der Waals surface area contributed by atoms with Crippen LogP contribution in [0.3, 0.4) is 0 Å². The first-order valence-electron chi connectivity index (χ1n) is 12.1. The van der Waals surface area contributed by atoms with Gasteiger partial charge >= 0.3 is 0 Å². The molecule has 0 saturated heterocycles. The number of aromatic nitrogens is 1. The van der Waals surface area contributed by atoms with Crippen LogP contribution in [-0.4, -0.2) is 47.6 Å². The lowest BCUT2D eigenvalue weighted by atomic mass is 9.79. The van der Waals surface area contributed by atoms with Crippen LogP contribution in [0.5, 0.6) is 11.5 Å². The highest BCUT2D eigenvalue weighted by Gasteiger charge is 2.43. The molecule has 3 atom stereocenters. The Hall–Kier alpha value is -4.26. The topological polar surface area (TPSA) is 72.8 Å². The van der Waals surface area contributed by atoms with Gasteiger partial charge in [0.25, 0.3) is 5.91 Å². The number of amides is 2. The van der Waals surface area contributed by atoms with Gasteiger partial charge in [-0.15, -0.1) is 0 Å². The van der Waals surface area contributed by atoms with Gasteiger partial charge in [0.1, 0.15) is 12.7 Å². The zero-order chi connectivity index (χ0) is 24.8. The van der Waals surface area contributed by atoms with E-state index in [1.165, 1.54) is 0 Å². The Labute approximate surface area is 209 Å². The van der Waals surface area contributed by atoms with Gasteiger partial charge in [0.2, 0.25) is 5.91 Å². The summed E-state index contributed by atoms with van der Waals surface area (Å²) in [6.45, 7) is 0.648. The molecule has 0 bridgehead atoms. The standard InChI is InChI=1S/C29H27N3O4/c1-31-16-22(19-9-5-6-12-23(19)31)27-26(20-10-3-4-11-21(20)29(34)32(27)2)28(33)30-15-18-17-35-24-13-7-8-14-25(24)36-18/h3-14,16,18,26-27H,15,17H2,1-2H3,(H,30,33). The number of fused-ring (bicyclic) bond motifs is 3. The molecule has 6 rings (SSSR count). The number of para-hydroxylation sites is 3. The van der Waals surface area contributed by atoms with Gasteiger partial charge < -0.3 is 24.3 Å². The van der Waals surface area contributed by atoms with E-state index in [-0.39, 0.29) is 17.9 Å². The Bertz CT molecular complexity index is 1480.